The van der Waals surface area contributed by atoms with Gasteiger partial charge in [-0.3, -0.25) is 29.0 Å². The molecule has 1 N–H and O–H groups in total. The van der Waals surface area contributed by atoms with Crippen LogP contribution in [0.5, 0.6) is 0 Å². The number of nitrogens with one attached hydrogen (secondary N) is 1. The fourth-order valence-electron chi connectivity index (χ4n) is 6.15. The molecule has 50 heavy (non-hydrogen) atoms. The Labute approximate surface area is 289 Å². The van der Waals surface area contributed by atoms with Gasteiger partial charge in [-0.15, -0.1) is 0 Å². The molecule has 2 heterocycles. The third-order valence-electron chi connectivity index (χ3n) is 8.35. The molecule has 0 saturated carbocycles. The number of amides is 4. The maximum Gasteiger partial charge on any atom is 0.419 e. The largest absolute Gasteiger partial charge is 0.449 e. The lowest BCUT2D eigenvalue weighted by molar-refractivity contribution is -0.129. The van der Waals surface area contributed by atoms with Crippen molar-refractivity contribution in [3.05, 3.63) is 121 Å². The van der Waals surface area contributed by atoms with Crippen molar-refractivity contribution < 1.29 is 28.7 Å². The van der Waals surface area contributed by atoms with Gasteiger partial charge in [0.2, 0.25) is 5.91 Å². The Morgan fingerprint density at radius 1 is 0.800 bits per heavy atom. The van der Waals surface area contributed by atoms with E-state index in [4.69, 9.17) is 4.74 Å². The van der Waals surface area contributed by atoms with E-state index in [1.807, 2.05) is 51.1 Å². The number of benzene rings is 4. The molecule has 11 heteroatoms. The van der Waals surface area contributed by atoms with Gasteiger partial charge in [-0.05, 0) is 68.8 Å². The van der Waals surface area contributed by atoms with Crippen molar-refractivity contribution in [3.8, 4) is 0 Å². The summed E-state index contributed by atoms with van der Waals surface area (Å²) in [5.41, 5.74) is 2.09. The van der Waals surface area contributed by atoms with Crippen LogP contribution in [0.3, 0.4) is 0 Å². The van der Waals surface area contributed by atoms with Gasteiger partial charge in [0, 0.05) is 22.8 Å². The van der Waals surface area contributed by atoms with Crippen LogP contribution in [0.2, 0.25) is 0 Å². The van der Waals surface area contributed by atoms with Crippen molar-refractivity contribution in [1.29, 1.82) is 0 Å². The number of fused-ring (bicyclic) bond motifs is 2. The number of ether oxygens (including phenoxy) is 1. The predicted octanol–water partition coefficient (Wildman–Crippen LogP) is 6.29. The number of rotatable bonds is 9. The molecule has 4 aromatic carbocycles. The second-order valence-corrected chi connectivity index (χ2v) is 12.1. The van der Waals surface area contributed by atoms with Crippen LogP contribution in [0.15, 0.2) is 115 Å². The molecule has 6 rings (SSSR count). The maximum absolute atomic E-state index is 14.7. The summed E-state index contributed by atoms with van der Waals surface area (Å²) in [4.78, 5) is 74.9. The molecule has 0 fully saturated rings. The number of carbonyl (C=O) groups is 5. The van der Waals surface area contributed by atoms with Crippen LogP contribution in [-0.2, 0) is 19.1 Å². The van der Waals surface area contributed by atoms with E-state index in [2.05, 4.69) is 5.32 Å². The number of aromatic nitrogens is 1. The molecule has 1 aliphatic heterocycles. The lowest BCUT2D eigenvalue weighted by atomic mass is 10.1. The van der Waals surface area contributed by atoms with Gasteiger partial charge in [0.05, 0.1) is 23.5 Å². The first-order chi connectivity index (χ1) is 24.2. The molecule has 11 nitrogen and oxygen atoms in total. The SMILES string of the molecule is CCCOC(=O)n1c(C(=O)NC2C(=O)N(CC(=O)N(c3ccccc3)C(C)C)c3ccccc3N(c3ccccc3)C2=O)cc2ccccc21. The standard InChI is InChI=1S/C39H37N5O6/c1-4-23-50-39(49)44-30-20-12-11-15-27(30)24-33(44)36(46)40-35-37(47)41(25-34(45)42(26(2)3)28-16-7-5-8-17-28)31-21-13-14-22-32(31)43(38(35)48)29-18-9-6-10-19-29/h5-22,24,26,35H,4,23,25H2,1-3H3,(H,40,46). The molecular weight excluding hydrogens is 634 g/mol. The van der Waals surface area contributed by atoms with Gasteiger partial charge in [0.15, 0.2) is 6.04 Å². The molecule has 0 saturated heterocycles. The summed E-state index contributed by atoms with van der Waals surface area (Å²) in [7, 11) is 0. The molecule has 0 bridgehead atoms. The summed E-state index contributed by atoms with van der Waals surface area (Å²) in [6.07, 6.45) is -0.197. The number of hydrogen-bond donors (Lipinski definition) is 1. The van der Waals surface area contributed by atoms with Crippen LogP contribution in [-0.4, -0.2) is 59.5 Å². The summed E-state index contributed by atoms with van der Waals surface area (Å²) in [6.45, 7) is 5.31. The second kappa shape index (κ2) is 14.5. The lowest BCUT2D eigenvalue weighted by Gasteiger charge is -2.31. The van der Waals surface area contributed by atoms with E-state index in [1.165, 1.54) is 15.9 Å². The quantitative estimate of drug-likeness (QED) is 0.184. The smallest absolute Gasteiger partial charge is 0.419 e. The molecule has 0 spiro atoms. The number of para-hydroxylation sites is 5. The number of nitrogens with zero attached hydrogens (tertiary/aromatic N) is 4. The molecule has 1 atom stereocenters. The van der Waals surface area contributed by atoms with E-state index in [1.54, 1.807) is 83.8 Å². The number of hydrogen-bond acceptors (Lipinski definition) is 6. The van der Waals surface area contributed by atoms with E-state index in [0.29, 0.717) is 40.1 Å². The molecule has 254 valence electrons. The summed E-state index contributed by atoms with van der Waals surface area (Å²) in [6, 6.07) is 31.1. The van der Waals surface area contributed by atoms with Gasteiger partial charge < -0.3 is 15.0 Å². The Balaban J connectivity index is 1.44. The lowest BCUT2D eigenvalue weighted by Crippen LogP contribution is -2.56. The van der Waals surface area contributed by atoms with Crippen LogP contribution in [0.4, 0.5) is 27.5 Å². The zero-order chi connectivity index (χ0) is 35.4. The topological polar surface area (TPSA) is 121 Å². The van der Waals surface area contributed by atoms with E-state index < -0.39 is 36.4 Å². The van der Waals surface area contributed by atoms with Crippen molar-refractivity contribution in [3.63, 3.8) is 0 Å². The zero-order valence-electron chi connectivity index (χ0n) is 28.0. The van der Waals surface area contributed by atoms with Crippen molar-refractivity contribution in [2.75, 3.05) is 27.9 Å². The third kappa shape index (κ3) is 6.45. The van der Waals surface area contributed by atoms with Crippen molar-refractivity contribution in [1.82, 2.24) is 9.88 Å². The van der Waals surface area contributed by atoms with E-state index >= 15 is 0 Å². The molecule has 4 amide bonds. The second-order valence-electron chi connectivity index (χ2n) is 12.1. The van der Waals surface area contributed by atoms with Gasteiger partial charge in [-0.25, -0.2) is 9.36 Å². The molecule has 1 unspecified atom stereocenters. The van der Waals surface area contributed by atoms with Crippen LogP contribution in [0, 0.1) is 0 Å². The van der Waals surface area contributed by atoms with Crippen LogP contribution >= 0.6 is 0 Å². The van der Waals surface area contributed by atoms with Crippen LogP contribution in [0.25, 0.3) is 10.9 Å². The minimum atomic E-state index is -1.77. The maximum atomic E-state index is 14.7. The van der Waals surface area contributed by atoms with Gasteiger partial charge in [-0.1, -0.05) is 73.7 Å². The third-order valence-corrected chi connectivity index (χ3v) is 8.35. The van der Waals surface area contributed by atoms with E-state index in [-0.39, 0.29) is 24.2 Å². The van der Waals surface area contributed by atoms with Crippen molar-refractivity contribution in [2.24, 2.45) is 0 Å². The molecule has 0 radical (unpaired) electrons. The van der Waals surface area contributed by atoms with Gasteiger partial charge in [-0.2, -0.15) is 0 Å². The summed E-state index contributed by atoms with van der Waals surface area (Å²) in [5.74, 6) is -2.79. The highest BCUT2D eigenvalue weighted by atomic mass is 16.5. The monoisotopic (exact) mass is 671 g/mol. The summed E-state index contributed by atoms with van der Waals surface area (Å²) >= 11 is 0. The fraction of sp³-hybridized carbons (Fsp3) is 0.205. The van der Waals surface area contributed by atoms with Crippen molar-refractivity contribution >= 4 is 63.4 Å². The van der Waals surface area contributed by atoms with Crippen LogP contribution < -0.4 is 20.0 Å². The predicted molar refractivity (Wildman–Crippen MR) is 192 cm³/mol. The Kier molecular flexibility index (Phi) is 9.75. The summed E-state index contributed by atoms with van der Waals surface area (Å²) in [5, 5.41) is 3.22. The number of carbonyl (C=O) groups excluding carboxylic acids is 5. The first-order valence-corrected chi connectivity index (χ1v) is 16.5. The summed E-state index contributed by atoms with van der Waals surface area (Å²) < 4.78 is 6.53. The molecule has 1 aromatic heterocycles. The minimum Gasteiger partial charge on any atom is -0.449 e. The zero-order valence-corrected chi connectivity index (χ0v) is 28.0. The Bertz CT molecular complexity index is 2060. The highest BCUT2D eigenvalue weighted by Gasteiger charge is 2.43. The highest BCUT2D eigenvalue weighted by molar-refractivity contribution is 6.25. The fourth-order valence-corrected chi connectivity index (χ4v) is 6.15. The van der Waals surface area contributed by atoms with E-state index in [9.17, 15) is 24.0 Å². The Morgan fingerprint density at radius 2 is 1.42 bits per heavy atom. The molecule has 0 aliphatic carbocycles. The van der Waals surface area contributed by atoms with Gasteiger partial charge in [0.25, 0.3) is 17.7 Å². The van der Waals surface area contributed by atoms with E-state index in [0.717, 1.165) is 4.57 Å². The average Bonchev–Trinajstić information content (AvgIpc) is 3.49. The highest BCUT2D eigenvalue weighted by Crippen LogP contribution is 2.38. The Hall–Kier alpha value is -6.23. The molecular formula is C39H37N5O6. The normalized spacial score (nSPS) is 14.4. The van der Waals surface area contributed by atoms with Crippen molar-refractivity contribution in [2.45, 2.75) is 39.3 Å². The minimum absolute atomic E-state index is 0.112. The molecule has 1 aliphatic rings. The first-order valence-electron chi connectivity index (χ1n) is 16.5. The van der Waals surface area contributed by atoms with Gasteiger partial charge >= 0.3 is 6.09 Å². The Morgan fingerprint density at radius 3 is 2.10 bits per heavy atom. The first kappa shape index (κ1) is 33.7. The average molecular weight is 672 g/mol. The molecule has 5 aromatic rings. The number of anilines is 4. The van der Waals surface area contributed by atoms with Gasteiger partial charge in [0.1, 0.15) is 12.2 Å². The van der Waals surface area contributed by atoms with Crippen LogP contribution in [0.1, 0.15) is 37.7 Å².